The van der Waals surface area contributed by atoms with Gasteiger partial charge < -0.3 is 9.64 Å². The number of hydrogen-bond acceptors (Lipinski definition) is 2. The van der Waals surface area contributed by atoms with Crippen LogP contribution in [0.4, 0.5) is 0 Å². The molecular formula is C10H17NO2. The topological polar surface area (TPSA) is 29.5 Å². The second kappa shape index (κ2) is 3.92. The molecule has 1 rings (SSSR count). The second-order valence-corrected chi connectivity index (χ2v) is 3.87. The average molecular weight is 183 g/mol. The van der Waals surface area contributed by atoms with Crippen LogP contribution in [-0.4, -0.2) is 36.1 Å². The normalized spacial score (nSPS) is 22.2. The third-order valence-corrected chi connectivity index (χ3v) is 2.05. The van der Waals surface area contributed by atoms with Gasteiger partial charge in [-0.2, -0.15) is 0 Å². The minimum absolute atomic E-state index is 0.0823. The number of carbonyl (C=O) groups is 1. The first-order valence-corrected chi connectivity index (χ1v) is 4.61. The molecule has 0 N–H and O–H groups in total. The molecule has 1 aliphatic rings. The molecule has 0 atom stereocenters. The van der Waals surface area contributed by atoms with Crippen molar-refractivity contribution in [1.82, 2.24) is 4.90 Å². The molecule has 1 aliphatic heterocycles. The van der Waals surface area contributed by atoms with E-state index in [1.807, 2.05) is 25.7 Å². The summed E-state index contributed by atoms with van der Waals surface area (Å²) in [6, 6.07) is 0. The highest BCUT2D eigenvalue weighted by molar-refractivity contribution is 5.87. The maximum atomic E-state index is 11.5. The summed E-state index contributed by atoms with van der Waals surface area (Å²) in [4.78, 5) is 13.3. The Bertz CT molecular complexity index is 221. The predicted octanol–water partition coefficient (Wildman–Crippen LogP) is 1.20. The molecule has 3 heteroatoms. The molecule has 0 aromatic heterocycles. The van der Waals surface area contributed by atoms with Crippen molar-refractivity contribution in [3.8, 4) is 0 Å². The van der Waals surface area contributed by atoms with Crippen molar-refractivity contribution >= 4 is 5.91 Å². The highest BCUT2D eigenvalue weighted by Gasteiger charge is 2.28. The minimum Gasteiger partial charge on any atom is -0.372 e. The number of morpholine rings is 1. The van der Waals surface area contributed by atoms with Gasteiger partial charge in [-0.05, 0) is 26.8 Å². The maximum absolute atomic E-state index is 11.5. The van der Waals surface area contributed by atoms with E-state index in [0.717, 1.165) is 0 Å². The molecule has 0 aromatic rings. The number of rotatable bonds is 1. The van der Waals surface area contributed by atoms with E-state index in [2.05, 4.69) is 0 Å². The van der Waals surface area contributed by atoms with Crippen LogP contribution in [0.2, 0.25) is 0 Å². The quantitative estimate of drug-likeness (QED) is 0.572. The van der Waals surface area contributed by atoms with Crippen molar-refractivity contribution in [3.63, 3.8) is 0 Å². The van der Waals surface area contributed by atoms with Crippen LogP contribution in [-0.2, 0) is 9.53 Å². The molecule has 1 heterocycles. The first-order chi connectivity index (χ1) is 6.05. The van der Waals surface area contributed by atoms with Crippen molar-refractivity contribution in [2.75, 3.05) is 19.7 Å². The molecule has 74 valence electrons. The lowest BCUT2D eigenvalue weighted by Crippen LogP contribution is -2.50. The molecule has 0 radical (unpaired) electrons. The van der Waals surface area contributed by atoms with E-state index in [9.17, 15) is 4.79 Å². The lowest BCUT2D eigenvalue weighted by Gasteiger charge is -2.37. The molecule has 0 spiro atoms. The zero-order chi connectivity index (χ0) is 9.90. The molecule has 0 unspecified atom stereocenters. The van der Waals surface area contributed by atoms with E-state index in [1.54, 1.807) is 12.2 Å². The van der Waals surface area contributed by atoms with Gasteiger partial charge in [-0.1, -0.05) is 6.08 Å². The molecule has 1 amide bonds. The van der Waals surface area contributed by atoms with Gasteiger partial charge in [0.25, 0.3) is 0 Å². The van der Waals surface area contributed by atoms with E-state index >= 15 is 0 Å². The Kier molecular flexibility index (Phi) is 3.09. The Morgan fingerprint density at radius 2 is 2.23 bits per heavy atom. The number of allylic oxidation sites excluding steroid dienone is 1. The number of amides is 1. The van der Waals surface area contributed by atoms with Crippen LogP contribution >= 0.6 is 0 Å². The highest BCUT2D eigenvalue weighted by atomic mass is 16.5. The lowest BCUT2D eigenvalue weighted by molar-refractivity contribution is -0.140. The fourth-order valence-corrected chi connectivity index (χ4v) is 1.45. The summed E-state index contributed by atoms with van der Waals surface area (Å²) in [5.74, 6) is 0.0823. The van der Waals surface area contributed by atoms with E-state index in [0.29, 0.717) is 19.7 Å². The molecular weight excluding hydrogens is 166 g/mol. The molecule has 13 heavy (non-hydrogen) atoms. The van der Waals surface area contributed by atoms with Gasteiger partial charge in [0.2, 0.25) is 5.91 Å². The third kappa shape index (κ3) is 2.84. The fraction of sp³-hybridized carbons (Fsp3) is 0.700. The van der Waals surface area contributed by atoms with Crippen molar-refractivity contribution in [2.45, 2.75) is 26.4 Å². The monoisotopic (exact) mass is 183 g/mol. The van der Waals surface area contributed by atoms with Gasteiger partial charge in [-0.15, -0.1) is 0 Å². The zero-order valence-electron chi connectivity index (χ0n) is 8.54. The molecule has 0 bridgehead atoms. The molecule has 1 saturated heterocycles. The Balaban J connectivity index is 2.56. The summed E-state index contributed by atoms with van der Waals surface area (Å²) >= 11 is 0. The SMILES string of the molecule is C/C=C/C(=O)N1CCOC(C)(C)C1. The largest absolute Gasteiger partial charge is 0.372 e. The van der Waals surface area contributed by atoms with Gasteiger partial charge in [0.1, 0.15) is 0 Å². The van der Waals surface area contributed by atoms with Gasteiger partial charge in [0.05, 0.1) is 12.2 Å². The summed E-state index contributed by atoms with van der Waals surface area (Å²) in [5, 5.41) is 0. The van der Waals surface area contributed by atoms with Crippen molar-refractivity contribution in [2.24, 2.45) is 0 Å². The second-order valence-electron chi connectivity index (χ2n) is 3.87. The van der Waals surface area contributed by atoms with Gasteiger partial charge in [0.15, 0.2) is 0 Å². The van der Waals surface area contributed by atoms with Gasteiger partial charge in [0, 0.05) is 13.1 Å². The van der Waals surface area contributed by atoms with Crippen LogP contribution in [0.1, 0.15) is 20.8 Å². The third-order valence-electron chi connectivity index (χ3n) is 2.05. The first-order valence-electron chi connectivity index (χ1n) is 4.61. The zero-order valence-corrected chi connectivity index (χ0v) is 8.54. The van der Waals surface area contributed by atoms with Crippen molar-refractivity contribution in [3.05, 3.63) is 12.2 Å². The summed E-state index contributed by atoms with van der Waals surface area (Å²) in [5.41, 5.74) is -0.199. The van der Waals surface area contributed by atoms with Crippen molar-refractivity contribution in [1.29, 1.82) is 0 Å². The number of nitrogens with zero attached hydrogens (tertiary/aromatic N) is 1. The average Bonchev–Trinajstić information content (AvgIpc) is 2.03. The Morgan fingerprint density at radius 1 is 1.54 bits per heavy atom. The van der Waals surface area contributed by atoms with Crippen molar-refractivity contribution < 1.29 is 9.53 Å². The predicted molar refractivity (Wildman–Crippen MR) is 51.4 cm³/mol. The van der Waals surface area contributed by atoms with E-state index < -0.39 is 0 Å². The minimum atomic E-state index is -0.199. The molecule has 3 nitrogen and oxygen atoms in total. The maximum Gasteiger partial charge on any atom is 0.246 e. The smallest absolute Gasteiger partial charge is 0.246 e. The molecule has 0 aromatic carbocycles. The van der Waals surface area contributed by atoms with E-state index in [4.69, 9.17) is 4.74 Å². The summed E-state index contributed by atoms with van der Waals surface area (Å²) in [7, 11) is 0. The van der Waals surface area contributed by atoms with Crippen LogP contribution in [0.25, 0.3) is 0 Å². The summed E-state index contributed by atoms with van der Waals surface area (Å²) in [6.45, 7) is 7.87. The van der Waals surface area contributed by atoms with Crippen LogP contribution in [0, 0.1) is 0 Å². The number of hydrogen-bond donors (Lipinski definition) is 0. The Morgan fingerprint density at radius 3 is 2.77 bits per heavy atom. The number of carbonyl (C=O) groups excluding carboxylic acids is 1. The standard InChI is InChI=1S/C10H17NO2/c1-4-5-9(12)11-6-7-13-10(2,3)8-11/h4-5H,6-8H2,1-3H3/b5-4+. The molecule has 0 aliphatic carbocycles. The van der Waals surface area contributed by atoms with Crippen LogP contribution in [0.3, 0.4) is 0 Å². The number of ether oxygens (including phenoxy) is 1. The molecule has 1 fully saturated rings. The van der Waals surface area contributed by atoms with Gasteiger partial charge in [-0.3, -0.25) is 4.79 Å². The van der Waals surface area contributed by atoms with Gasteiger partial charge in [-0.25, -0.2) is 0 Å². The Hall–Kier alpha value is -0.830. The van der Waals surface area contributed by atoms with Crippen LogP contribution < -0.4 is 0 Å². The van der Waals surface area contributed by atoms with E-state index in [1.165, 1.54) is 0 Å². The summed E-state index contributed by atoms with van der Waals surface area (Å²) in [6.07, 6.45) is 3.37. The van der Waals surface area contributed by atoms with Gasteiger partial charge >= 0.3 is 0 Å². The van der Waals surface area contributed by atoms with Crippen LogP contribution in [0.15, 0.2) is 12.2 Å². The fourth-order valence-electron chi connectivity index (χ4n) is 1.45. The highest BCUT2D eigenvalue weighted by Crippen LogP contribution is 2.16. The molecule has 0 saturated carbocycles. The summed E-state index contributed by atoms with van der Waals surface area (Å²) < 4.78 is 5.51. The van der Waals surface area contributed by atoms with Crippen LogP contribution in [0.5, 0.6) is 0 Å². The Labute approximate surface area is 79.4 Å². The van der Waals surface area contributed by atoms with E-state index in [-0.39, 0.29) is 11.5 Å². The first kappa shape index (κ1) is 10.3. The lowest BCUT2D eigenvalue weighted by atomic mass is 10.1.